The fourth-order valence-corrected chi connectivity index (χ4v) is 1.23. The summed E-state index contributed by atoms with van der Waals surface area (Å²) in [6.45, 7) is 1.50. The summed E-state index contributed by atoms with van der Waals surface area (Å²) in [7, 11) is -3.47. The average Bonchev–Trinajstić information content (AvgIpc) is 2.09. The Bertz CT molecular complexity index is 366. The van der Waals surface area contributed by atoms with Crippen molar-refractivity contribution in [2.24, 2.45) is 0 Å². The predicted molar refractivity (Wildman–Crippen MR) is 48.2 cm³/mol. The van der Waals surface area contributed by atoms with Gasteiger partial charge in [0.25, 0.3) is 0 Å². The van der Waals surface area contributed by atoms with Gasteiger partial charge in [0, 0.05) is 0 Å². The van der Waals surface area contributed by atoms with E-state index < -0.39 is 10.1 Å². The van der Waals surface area contributed by atoms with E-state index in [9.17, 15) is 8.42 Å². The van der Waals surface area contributed by atoms with Crippen LogP contribution in [0.3, 0.4) is 0 Å². The molecule has 0 bridgehead atoms. The van der Waals surface area contributed by atoms with Gasteiger partial charge in [-0.1, -0.05) is 0 Å². The van der Waals surface area contributed by atoms with Crippen LogP contribution in [0.25, 0.3) is 0 Å². The van der Waals surface area contributed by atoms with Crippen LogP contribution in [0.5, 0.6) is 11.5 Å². The highest BCUT2D eigenvalue weighted by atomic mass is 32.2. The third-order valence-electron chi connectivity index (χ3n) is 1.41. The second kappa shape index (κ2) is 3.66. The zero-order chi connectivity index (χ0) is 9.90. The minimum absolute atomic E-state index is 0.0706. The molecule has 0 saturated carbocycles. The second-order valence-electron chi connectivity index (χ2n) is 2.42. The molecular formula is C8H10O4S. The molecule has 0 amide bonds. The number of benzene rings is 1. The number of hydrogen-bond acceptors (Lipinski definition) is 4. The molecule has 72 valence electrons. The summed E-state index contributed by atoms with van der Waals surface area (Å²) >= 11 is 0. The van der Waals surface area contributed by atoms with Gasteiger partial charge in [0.1, 0.15) is 11.5 Å². The highest BCUT2D eigenvalue weighted by Crippen LogP contribution is 2.17. The highest BCUT2D eigenvalue weighted by Gasteiger charge is 2.08. The van der Waals surface area contributed by atoms with Crippen LogP contribution in [0.4, 0.5) is 0 Å². The Labute approximate surface area is 76.9 Å². The lowest BCUT2D eigenvalue weighted by molar-refractivity contribution is 0.469. The average molecular weight is 202 g/mol. The van der Waals surface area contributed by atoms with Gasteiger partial charge in [-0.3, -0.25) is 0 Å². The maximum absolute atomic E-state index is 11.0. The van der Waals surface area contributed by atoms with Crippen molar-refractivity contribution in [3.63, 3.8) is 0 Å². The first-order valence-corrected chi connectivity index (χ1v) is 5.32. The molecule has 0 aliphatic rings. The maximum atomic E-state index is 11.0. The van der Waals surface area contributed by atoms with E-state index in [2.05, 4.69) is 4.18 Å². The van der Waals surface area contributed by atoms with Crippen molar-refractivity contribution in [2.45, 2.75) is 6.92 Å². The van der Waals surface area contributed by atoms with Crippen LogP contribution in [0.1, 0.15) is 6.92 Å². The Morgan fingerprint density at radius 2 is 1.85 bits per heavy atom. The van der Waals surface area contributed by atoms with Crippen molar-refractivity contribution >= 4 is 10.1 Å². The molecule has 1 N–H and O–H groups in total. The quantitative estimate of drug-likeness (QED) is 0.746. The number of hydrogen-bond donors (Lipinski definition) is 1. The lowest BCUT2D eigenvalue weighted by Gasteiger charge is -2.03. The standard InChI is InChI=1S/C8H10O4S/c1-2-13(10,11)12-8-5-3-7(9)4-6-8/h3-6,9H,2H2,1H3. The molecule has 5 heteroatoms. The monoisotopic (exact) mass is 202 g/mol. The van der Waals surface area contributed by atoms with Crippen molar-refractivity contribution in [1.29, 1.82) is 0 Å². The molecule has 13 heavy (non-hydrogen) atoms. The van der Waals surface area contributed by atoms with Crippen LogP contribution in [0.2, 0.25) is 0 Å². The lowest BCUT2D eigenvalue weighted by atomic mass is 10.3. The largest absolute Gasteiger partial charge is 0.508 e. The van der Waals surface area contributed by atoms with E-state index in [0.717, 1.165) is 0 Å². The number of aromatic hydroxyl groups is 1. The van der Waals surface area contributed by atoms with E-state index in [1.54, 1.807) is 0 Å². The van der Waals surface area contributed by atoms with Gasteiger partial charge in [0.2, 0.25) is 0 Å². The molecule has 0 atom stereocenters. The Balaban J connectivity index is 2.82. The molecular weight excluding hydrogens is 192 g/mol. The minimum atomic E-state index is -3.47. The van der Waals surface area contributed by atoms with Gasteiger partial charge in [0.05, 0.1) is 5.75 Å². The zero-order valence-corrected chi connectivity index (χ0v) is 7.91. The molecule has 0 saturated heterocycles. The molecule has 1 aromatic rings. The van der Waals surface area contributed by atoms with E-state index in [-0.39, 0.29) is 17.3 Å². The molecule has 0 aliphatic carbocycles. The topological polar surface area (TPSA) is 63.6 Å². The van der Waals surface area contributed by atoms with Crippen LogP contribution in [-0.2, 0) is 10.1 Å². The Morgan fingerprint density at radius 1 is 1.31 bits per heavy atom. The predicted octanol–water partition coefficient (Wildman–Crippen LogP) is 1.12. The molecule has 0 radical (unpaired) electrons. The lowest BCUT2D eigenvalue weighted by Crippen LogP contribution is -2.11. The van der Waals surface area contributed by atoms with Crippen LogP contribution in [0, 0.1) is 0 Å². The van der Waals surface area contributed by atoms with E-state index in [0.29, 0.717) is 0 Å². The number of rotatable bonds is 3. The van der Waals surface area contributed by atoms with Crippen molar-refractivity contribution in [3.8, 4) is 11.5 Å². The van der Waals surface area contributed by atoms with E-state index in [4.69, 9.17) is 5.11 Å². The summed E-state index contributed by atoms with van der Waals surface area (Å²) in [5.74, 6) is 0.203. The molecule has 0 unspecified atom stereocenters. The maximum Gasteiger partial charge on any atom is 0.308 e. The molecule has 0 fully saturated rings. The van der Waals surface area contributed by atoms with Gasteiger partial charge in [-0.15, -0.1) is 0 Å². The summed E-state index contributed by atoms with van der Waals surface area (Å²) < 4.78 is 26.6. The normalized spacial score (nSPS) is 11.2. The van der Waals surface area contributed by atoms with Crippen LogP contribution in [-0.4, -0.2) is 19.3 Å². The summed E-state index contributed by atoms with van der Waals surface area (Å²) in [5, 5.41) is 8.91. The smallest absolute Gasteiger partial charge is 0.308 e. The molecule has 0 aromatic heterocycles. The van der Waals surface area contributed by atoms with Crippen molar-refractivity contribution in [2.75, 3.05) is 5.75 Å². The van der Waals surface area contributed by atoms with E-state index in [1.807, 2.05) is 0 Å². The third kappa shape index (κ3) is 2.95. The fourth-order valence-electron chi connectivity index (χ4n) is 0.707. The molecule has 1 rings (SSSR count). The molecule has 1 aromatic carbocycles. The van der Waals surface area contributed by atoms with Crippen molar-refractivity contribution in [1.82, 2.24) is 0 Å². The Kier molecular flexibility index (Phi) is 2.77. The summed E-state index contributed by atoms with van der Waals surface area (Å²) in [6.07, 6.45) is 0. The molecule has 0 aliphatic heterocycles. The van der Waals surface area contributed by atoms with Crippen LogP contribution < -0.4 is 4.18 Å². The first-order chi connectivity index (χ1) is 6.03. The van der Waals surface area contributed by atoms with Gasteiger partial charge in [-0.2, -0.15) is 8.42 Å². The van der Waals surface area contributed by atoms with Gasteiger partial charge in [0.15, 0.2) is 0 Å². The van der Waals surface area contributed by atoms with Crippen LogP contribution >= 0.6 is 0 Å². The fraction of sp³-hybridized carbons (Fsp3) is 0.250. The zero-order valence-electron chi connectivity index (χ0n) is 7.10. The van der Waals surface area contributed by atoms with Gasteiger partial charge < -0.3 is 9.29 Å². The summed E-state index contributed by atoms with van der Waals surface area (Å²) in [4.78, 5) is 0. The minimum Gasteiger partial charge on any atom is -0.508 e. The van der Waals surface area contributed by atoms with Crippen molar-refractivity contribution in [3.05, 3.63) is 24.3 Å². The highest BCUT2D eigenvalue weighted by molar-refractivity contribution is 7.87. The van der Waals surface area contributed by atoms with E-state index >= 15 is 0 Å². The van der Waals surface area contributed by atoms with Gasteiger partial charge in [-0.05, 0) is 31.2 Å². The van der Waals surface area contributed by atoms with E-state index in [1.165, 1.54) is 31.2 Å². The SMILES string of the molecule is CCS(=O)(=O)Oc1ccc(O)cc1. The Morgan fingerprint density at radius 3 is 2.31 bits per heavy atom. The van der Waals surface area contributed by atoms with Crippen molar-refractivity contribution < 1.29 is 17.7 Å². The van der Waals surface area contributed by atoms with Gasteiger partial charge in [-0.25, -0.2) is 0 Å². The van der Waals surface area contributed by atoms with Crippen LogP contribution in [0.15, 0.2) is 24.3 Å². The first kappa shape index (κ1) is 9.85. The Hall–Kier alpha value is -1.23. The second-order valence-corrected chi connectivity index (χ2v) is 4.28. The molecule has 4 nitrogen and oxygen atoms in total. The first-order valence-electron chi connectivity index (χ1n) is 3.74. The number of phenols is 1. The number of phenolic OH excluding ortho intramolecular Hbond substituents is 1. The third-order valence-corrected chi connectivity index (χ3v) is 2.57. The summed E-state index contributed by atoms with van der Waals surface area (Å²) in [5.41, 5.74) is 0. The van der Waals surface area contributed by atoms with Gasteiger partial charge >= 0.3 is 10.1 Å². The molecule has 0 heterocycles. The summed E-state index contributed by atoms with van der Waals surface area (Å²) in [6, 6.07) is 5.51. The molecule has 0 spiro atoms.